The van der Waals surface area contributed by atoms with Gasteiger partial charge in [0.05, 0.1) is 9.90 Å². The summed E-state index contributed by atoms with van der Waals surface area (Å²) in [6.45, 7) is 3.03. The maximum atomic E-state index is 12.4. The van der Waals surface area contributed by atoms with E-state index >= 15 is 0 Å². The lowest BCUT2D eigenvalue weighted by atomic mass is 10.2. The first-order valence-corrected chi connectivity index (χ1v) is 8.26. The average Bonchev–Trinajstić information content (AvgIpc) is 2.86. The van der Waals surface area contributed by atoms with Crippen molar-refractivity contribution in [3.8, 4) is 0 Å². The molecular weight excluding hydrogens is 327 g/mol. The number of amides is 1. The Morgan fingerprint density at radius 2 is 1.71 bits per heavy atom. The Balaban J connectivity index is 1.66. The number of benzene rings is 1. The summed E-state index contributed by atoms with van der Waals surface area (Å²) in [7, 11) is 0. The predicted octanol–water partition coefficient (Wildman–Crippen LogP) is 4.02. The van der Waals surface area contributed by atoms with E-state index in [4.69, 9.17) is 23.2 Å². The summed E-state index contributed by atoms with van der Waals surface area (Å²) >= 11 is 13.2. The van der Waals surface area contributed by atoms with E-state index < -0.39 is 0 Å². The van der Waals surface area contributed by atoms with Crippen molar-refractivity contribution in [3.05, 3.63) is 50.6 Å². The van der Waals surface area contributed by atoms with Crippen LogP contribution in [0, 0.1) is 0 Å². The van der Waals surface area contributed by atoms with E-state index in [9.17, 15) is 4.79 Å². The monoisotopic (exact) mass is 340 g/mol. The minimum atomic E-state index is -0.0316. The van der Waals surface area contributed by atoms with Gasteiger partial charge < -0.3 is 9.80 Å². The largest absolute Gasteiger partial charge is 0.368 e. The van der Waals surface area contributed by atoms with Gasteiger partial charge in [-0.3, -0.25) is 4.79 Å². The number of nitrogens with zero attached hydrogens (tertiary/aromatic N) is 2. The van der Waals surface area contributed by atoms with Gasteiger partial charge in [-0.05, 0) is 18.2 Å². The summed E-state index contributed by atoms with van der Waals surface area (Å²) in [5, 5.41) is 0. The molecule has 1 aromatic carbocycles. The van der Waals surface area contributed by atoms with Crippen LogP contribution in [0.2, 0.25) is 8.67 Å². The molecule has 0 radical (unpaired) electrons. The molecule has 1 aliphatic heterocycles. The number of carbonyl (C=O) groups excluding carboxylic acids is 1. The highest BCUT2D eigenvalue weighted by Gasteiger charge is 2.24. The van der Waals surface area contributed by atoms with E-state index in [0.29, 0.717) is 27.3 Å². The molecule has 0 atom stereocenters. The third-order valence-electron chi connectivity index (χ3n) is 3.58. The number of para-hydroxylation sites is 1. The van der Waals surface area contributed by atoms with Gasteiger partial charge in [0.1, 0.15) is 4.34 Å². The fourth-order valence-corrected chi connectivity index (χ4v) is 3.91. The third kappa shape index (κ3) is 3.18. The van der Waals surface area contributed by atoms with Crippen LogP contribution in [0.15, 0.2) is 36.4 Å². The molecule has 0 aliphatic carbocycles. The molecule has 3 rings (SSSR count). The zero-order valence-corrected chi connectivity index (χ0v) is 13.6. The fraction of sp³-hybridized carbons (Fsp3) is 0.267. The van der Waals surface area contributed by atoms with Crippen molar-refractivity contribution in [2.24, 2.45) is 0 Å². The molecule has 0 N–H and O–H groups in total. The number of anilines is 1. The quantitative estimate of drug-likeness (QED) is 0.824. The topological polar surface area (TPSA) is 23.6 Å². The first-order valence-electron chi connectivity index (χ1n) is 6.69. The molecule has 1 saturated heterocycles. The standard InChI is InChI=1S/C15H14Cl2N2OS/c16-13-10-12(14(17)21-13)15(20)19-8-6-18(7-9-19)11-4-2-1-3-5-11/h1-5,10H,6-9H2. The van der Waals surface area contributed by atoms with Crippen molar-refractivity contribution in [1.29, 1.82) is 0 Å². The Morgan fingerprint density at radius 1 is 1.05 bits per heavy atom. The maximum Gasteiger partial charge on any atom is 0.256 e. The number of carbonyl (C=O) groups is 1. The van der Waals surface area contributed by atoms with Crippen molar-refractivity contribution in [3.63, 3.8) is 0 Å². The lowest BCUT2D eigenvalue weighted by Gasteiger charge is -2.36. The van der Waals surface area contributed by atoms with Gasteiger partial charge in [-0.1, -0.05) is 41.4 Å². The molecule has 6 heteroatoms. The number of rotatable bonds is 2. The summed E-state index contributed by atoms with van der Waals surface area (Å²) in [6, 6.07) is 11.9. The van der Waals surface area contributed by atoms with Crippen molar-refractivity contribution >= 4 is 46.1 Å². The van der Waals surface area contributed by atoms with Gasteiger partial charge in [-0.15, -0.1) is 11.3 Å². The Bertz CT molecular complexity index is 636. The van der Waals surface area contributed by atoms with Crippen LogP contribution in [-0.2, 0) is 0 Å². The Hall–Kier alpha value is -1.23. The lowest BCUT2D eigenvalue weighted by molar-refractivity contribution is 0.0747. The molecule has 0 saturated carbocycles. The average molecular weight is 341 g/mol. The number of thiophene rings is 1. The summed E-state index contributed by atoms with van der Waals surface area (Å²) in [6.07, 6.45) is 0. The Labute approximate surface area is 137 Å². The molecule has 1 aromatic heterocycles. The van der Waals surface area contributed by atoms with Crippen LogP contribution < -0.4 is 4.90 Å². The van der Waals surface area contributed by atoms with E-state index in [1.807, 2.05) is 23.1 Å². The van der Waals surface area contributed by atoms with Crippen LogP contribution in [-0.4, -0.2) is 37.0 Å². The predicted molar refractivity (Wildman–Crippen MR) is 88.9 cm³/mol. The normalized spacial score (nSPS) is 15.3. The fourth-order valence-electron chi connectivity index (χ4n) is 2.46. The van der Waals surface area contributed by atoms with Crippen LogP contribution in [0.25, 0.3) is 0 Å². The molecule has 1 amide bonds. The van der Waals surface area contributed by atoms with Crippen molar-refractivity contribution in [1.82, 2.24) is 4.90 Å². The molecular formula is C15H14Cl2N2OS. The van der Waals surface area contributed by atoms with Crippen molar-refractivity contribution in [2.45, 2.75) is 0 Å². The van der Waals surface area contributed by atoms with E-state index in [2.05, 4.69) is 17.0 Å². The third-order valence-corrected chi connectivity index (χ3v) is 5.06. The molecule has 1 fully saturated rings. The molecule has 0 unspecified atom stereocenters. The minimum absolute atomic E-state index is 0.0316. The van der Waals surface area contributed by atoms with Crippen LogP contribution in [0.1, 0.15) is 10.4 Å². The summed E-state index contributed by atoms with van der Waals surface area (Å²) < 4.78 is 1.02. The van der Waals surface area contributed by atoms with Crippen molar-refractivity contribution in [2.75, 3.05) is 31.1 Å². The second kappa shape index (κ2) is 6.26. The first kappa shape index (κ1) is 14.7. The molecule has 0 bridgehead atoms. The smallest absolute Gasteiger partial charge is 0.256 e. The molecule has 2 aromatic rings. The number of hydrogen-bond donors (Lipinski definition) is 0. The number of piperazine rings is 1. The van der Waals surface area contributed by atoms with Gasteiger partial charge in [0.15, 0.2) is 0 Å². The van der Waals surface area contributed by atoms with Crippen LogP contribution >= 0.6 is 34.5 Å². The SMILES string of the molecule is O=C(c1cc(Cl)sc1Cl)N1CCN(c2ccccc2)CC1. The highest BCUT2D eigenvalue weighted by molar-refractivity contribution is 7.20. The van der Waals surface area contributed by atoms with E-state index in [0.717, 1.165) is 13.1 Å². The summed E-state index contributed by atoms with van der Waals surface area (Å²) in [4.78, 5) is 16.6. The zero-order valence-electron chi connectivity index (χ0n) is 11.3. The van der Waals surface area contributed by atoms with Crippen LogP contribution in [0.4, 0.5) is 5.69 Å². The molecule has 21 heavy (non-hydrogen) atoms. The first-order chi connectivity index (χ1) is 10.1. The maximum absolute atomic E-state index is 12.4. The highest BCUT2D eigenvalue weighted by atomic mass is 35.5. The van der Waals surface area contributed by atoms with Gasteiger partial charge >= 0.3 is 0 Å². The Kier molecular flexibility index (Phi) is 4.38. The van der Waals surface area contributed by atoms with Gasteiger partial charge in [0.2, 0.25) is 0 Å². The summed E-state index contributed by atoms with van der Waals surface area (Å²) in [5.41, 5.74) is 1.71. The number of hydrogen-bond acceptors (Lipinski definition) is 3. The van der Waals surface area contributed by atoms with Crippen molar-refractivity contribution < 1.29 is 4.79 Å². The van der Waals surface area contributed by atoms with E-state index in [1.165, 1.54) is 17.0 Å². The lowest BCUT2D eigenvalue weighted by Crippen LogP contribution is -2.48. The second-order valence-corrected chi connectivity index (χ2v) is 7.14. The van der Waals surface area contributed by atoms with Crippen LogP contribution in [0.5, 0.6) is 0 Å². The summed E-state index contributed by atoms with van der Waals surface area (Å²) in [5.74, 6) is -0.0316. The van der Waals surface area contributed by atoms with E-state index in [-0.39, 0.29) is 5.91 Å². The van der Waals surface area contributed by atoms with Gasteiger partial charge in [-0.25, -0.2) is 0 Å². The molecule has 2 heterocycles. The van der Waals surface area contributed by atoms with Gasteiger partial charge in [0.25, 0.3) is 5.91 Å². The number of halogens is 2. The molecule has 110 valence electrons. The van der Waals surface area contributed by atoms with E-state index in [1.54, 1.807) is 6.07 Å². The second-order valence-electron chi connectivity index (χ2n) is 4.85. The van der Waals surface area contributed by atoms with Gasteiger partial charge in [-0.2, -0.15) is 0 Å². The molecule has 3 nitrogen and oxygen atoms in total. The van der Waals surface area contributed by atoms with Gasteiger partial charge in [0, 0.05) is 31.9 Å². The highest BCUT2D eigenvalue weighted by Crippen LogP contribution is 2.32. The molecule has 0 spiro atoms. The Morgan fingerprint density at radius 3 is 2.29 bits per heavy atom. The molecule has 1 aliphatic rings. The zero-order chi connectivity index (χ0) is 14.8. The van der Waals surface area contributed by atoms with Crippen LogP contribution in [0.3, 0.4) is 0 Å². The minimum Gasteiger partial charge on any atom is -0.368 e.